The lowest BCUT2D eigenvalue weighted by molar-refractivity contribution is 1.39. The maximum Gasteiger partial charge on any atom is 0.195 e. The first-order valence-corrected chi connectivity index (χ1v) is 13.6. The van der Waals surface area contributed by atoms with Gasteiger partial charge in [0.2, 0.25) is 0 Å². The van der Waals surface area contributed by atoms with Crippen LogP contribution in [0, 0.1) is 13.8 Å². The van der Waals surface area contributed by atoms with Crippen molar-refractivity contribution in [2.45, 2.75) is 55.4 Å². The van der Waals surface area contributed by atoms with E-state index >= 15 is 0 Å². The van der Waals surface area contributed by atoms with E-state index in [-0.39, 0.29) is 5.43 Å². The molecule has 2 heteroatoms. The van der Waals surface area contributed by atoms with Gasteiger partial charge in [0, 0.05) is 20.5 Å². The van der Waals surface area contributed by atoms with Crippen LogP contribution < -0.4 is 5.43 Å². The van der Waals surface area contributed by atoms with E-state index in [2.05, 4.69) is 45.2 Å². The summed E-state index contributed by atoms with van der Waals surface area (Å²) in [4.78, 5) is 13.5. The van der Waals surface area contributed by atoms with Gasteiger partial charge in [0.1, 0.15) is 0 Å². The van der Waals surface area contributed by atoms with Crippen molar-refractivity contribution in [1.82, 2.24) is 0 Å². The Morgan fingerprint density at radius 3 is 2.14 bits per heavy atom. The van der Waals surface area contributed by atoms with E-state index in [9.17, 15) is 4.79 Å². The summed E-state index contributed by atoms with van der Waals surface area (Å²) >= 11 is 1.66. The largest absolute Gasteiger partial charge is 0.289 e. The van der Waals surface area contributed by atoms with Crippen LogP contribution >= 0.6 is 11.3 Å². The fourth-order valence-electron chi connectivity index (χ4n) is 3.86. The maximum absolute atomic E-state index is 12.5. The summed E-state index contributed by atoms with van der Waals surface area (Å²) in [5, 5.41) is 0.821. The van der Waals surface area contributed by atoms with Crippen LogP contribution in [-0.4, -0.2) is 0 Å². The number of fused-ring (bicyclic) bond motifs is 1. The van der Waals surface area contributed by atoms with Crippen LogP contribution in [0.3, 0.4) is 0 Å². The Hall–Kier alpha value is -3.49. The second-order valence-electron chi connectivity index (χ2n) is 8.30. The lowest BCUT2D eigenvalue weighted by Crippen LogP contribution is -2.06. The van der Waals surface area contributed by atoms with Gasteiger partial charge in [-0.25, -0.2) is 0 Å². The first kappa shape index (κ1) is 31.5. The molecule has 0 aliphatic heterocycles. The Morgan fingerprint density at radius 2 is 1.57 bits per heavy atom. The predicted octanol–water partition coefficient (Wildman–Crippen LogP) is 10.7. The molecule has 1 heterocycles. The second kappa shape index (κ2) is 16.3. The van der Waals surface area contributed by atoms with E-state index in [1.54, 1.807) is 11.3 Å². The van der Waals surface area contributed by atoms with Crippen molar-refractivity contribution < 1.29 is 0 Å². The molecule has 3 aromatic rings. The average molecular weight is 511 g/mol. The van der Waals surface area contributed by atoms with Crippen LogP contribution in [0.1, 0.15) is 68.7 Å². The fourth-order valence-corrected chi connectivity index (χ4v) is 4.97. The van der Waals surface area contributed by atoms with Crippen LogP contribution in [0.4, 0.5) is 0 Å². The molecule has 0 saturated carbocycles. The molecule has 0 aliphatic carbocycles. The molecule has 0 spiro atoms. The quantitative estimate of drug-likeness (QED) is 0.301. The van der Waals surface area contributed by atoms with Crippen LogP contribution in [0.2, 0.25) is 0 Å². The fraction of sp³-hybridized carbons (Fsp3) is 0.229. The minimum Gasteiger partial charge on any atom is -0.289 e. The SMILES string of the molecule is C/C=C\c1sc2ccc(C)cc2c(=O)c1/C=C\C.C=C/C(C(=C)c1ccccc1C)=C(C)\C=C/C.CC. The van der Waals surface area contributed by atoms with Crippen LogP contribution in [0.25, 0.3) is 27.8 Å². The van der Waals surface area contributed by atoms with Gasteiger partial charge in [0.05, 0.1) is 0 Å². The van der Waals surface area contributed by atoms with Gasteiger partial charge >= 0.3 is 0 Å². The Bertz CT molecular complexity index is 1390. The number of hydrogen-bond acceptors (Lipinski definition) is 2. The van der Waals surface area contributed by atoms with Crippen molar-refractivity contribution in [3.8, 4) is 0 Å². The third-order valence-electron chi connectivity index (χ3n) is 5.60. The van der Waals surface area contributed by atoms with Gasteiger partial charge in [-0.15, -0.1) is 11.3 Å². The first-order chi connectivity index (χ1) is 17.8. The van der Waals surface area contributed by atoms with Crippen LogP contribution in [0.5, 0.6) is 0 Å². The average Bonchev–Trinajstić information content (AvgIpc) is 2.89. The molecule has 0 atom stereocenters. The summed E-state index contributed by atoms with van der Waals surface area (Å²) in [5.41, 5.74) is 7.80. The molecular formula is C35H42OS. The molecule has 3 rings (SSSR count). The molecule has 1 nitrogen and oxygen atoms in total. The summed E-state index contributed by atoms with van der Waals surface area (Å²) in [5.74, 6) is 0. The van der Waals surface area contributed by atoms with Gasteiger partial charge < -0.3 is 0 Å². The Kier molecular flexibility index (Phi) is 13.9. The Balaban J connectivity index is 0.000000348. The summed E-state index contributed by atoms with van der Waals surface area (Å²) in [6, 6.07) is 14.3. The Labute approximate surface area is 228 Å². The molecule has 194 valence electrons. The minimum absolute atomic E-state index is 0.124. The number of allylic oxidation sites excluding steroid dienone is 8. The zero-order valence-corrected chi connectivity index (χ0v) is 24.6. The molecule has 0 aliphatic rings. The standard InChI is InChI=1S/C17H20.C16H16OS.C2H6/c1-6-10-13(3)16(7-2)15(5)17-12-9-8-11-14(17)4;1-4-6-12-14(7-5-2)18-15-9-8-11(3)10-13(15)16(12)17;1-2/h6-12H,2,5H2,1,3-4H3;4-10H,1-3H3;1-2H3/b10-6-,16-13+;6-4-,7-5-;. The lowest BCUT2D eigenvalue weighted by atomic mass is 9.93. The summed E-state index contributed by atoms with van der Waals surface area (Å²) < 4.78 is 1.05. The lowest BCUT2D eigenvalue weighted by Gasteiger charge is -2.12. The van der Waals surface area contributed by atoms with E-state index < -0.39 is 0 Å². The van der Waals surface area contributed by atoms with Gasteiger partial charge in [0.15, 0.2) is 5.43 Å². The molecule has 0 fully saturated rings. The summed E-state index contributed by atoms with van der Waals surface area (Å²) in [6.45, 7) is 24.2. The number of aryl methyl sites for hydroxylation is 2. The van der Waals surface area contributed by atoms with Gasteiger partial charge in [-0.1, -0.05) is 99.4 Å². The van der Waals surface area contributed by atoms with Crippen molar-refractivity contribution in [2.75, 3.05) is 0 Å². The normalized spacial score (nSPS) is 11.7. The highest BCUT2D eigenvalue weighted by Crippen LogP contribution is 2.27. The van der Waals surface area contributed by atoms with Gasteiger partial charge in [-0.05, 0) is 87.6 Å². The van der Waals surface area contributed by atoms with Gasteiger partial charge in [0.25, 0.3) is 0 Å². The molecular weight excluding hydrogens is 468 g/mol. The molecule has 2 aromatic carbocycles. The van der Waals surface area contributed by atoms with E-state index in [0.717, 1.165) is 37.2 Å². The van der Waals surface area contributed by atoms with Crippen LogP contribution in [-0.2, 0) is 0 Å². The van der Waals surface area contributed by atoms with Crippen molar-refractivity contribution >= 4 is 39.1 Å². The first-order valence-electron chi connectivity index (χ1n) is 12.8. The Morgan fingerprint density at radius 1 is 0.919 bits per heavy atom. The number of benzene rings is 2. The van der Waals surface area contributed by atoms with E-state index in [0.29, 0.717) is 0 Å². The minimum atomic E-state index is 0.124. The van der Waals surface area contributed by atoms with Gasteiger partial charge in [-0.2, -0.15) is 0 Å². The van der Waals surface area contributed by atoms with E-state index in [4.69, 9.17) is 0 Å². The highest BCUT2D eigenvalue weighted by molar-refractivity contribution is 7.19. The zero-order valence-electron chi connectivity index (χ0n) is 23.8. The number of hydrogen-bond donors (Lipinski definition) is 0. The molecule has 0 bridgehead atoms. The molecule has 0 saturated heterocycles. The summed E-state index contributed by atoms with van der Waals surface area (Å²) in [6.07, 6.45) is 13.8. The third-order valence-corrected chi connectivity index (χ3v) is 6.75. The van der Waals surface area contributed by atoms with Crippen molar-refractivity contribution in [2.24, 2.45) is 0 Å². The monoisotopic (exact) mass is 510 g/mol. The van der Waals surface area contributed by atoms with Gasteiger partial charge in [-0.3, -0.25) is 4.79 Å². The molecule has 0 radical (unpaired) electrons. The molecule has 37 heavy (non-hydrogen) atoms. The van der Waals surface area contributed by atoms with Crippen molar-refractivity contribution in [1.29, 1.82) is 0 Å². The highest BCUT2D eigenvalue weighted by atomic mass is 32.1. The van der Waals surface area contributed by atoms with Crippen molar-refractivity contribution in [3.63, 3.8) is 0 Å². The highest BCUT2D eigenvalue weighted by Gasteiger charge is 2.09. The smallest absolute Gasteiger partial charge is 0.195 e. The van der Waals surface area contributed by atoms with Crippen molar-refractivity contribution in [3.05, 3.63) is 135 Å². The number of rotatable bonds is 6. The summed E-state index contributed by atoms with van der Waals surface area (Å²) in [7, 11) is 0. The second-order valence-corrected chi connectivity index (χ2v) is 9.39. The molecule has 0 unspecified atom stereocenters. The topological polar surface area (TPSA) is 17.1 Å². The van der Waals surface area contributed by atoms with E-state index in [1.807, 2.05) is 108 Å². The zero-order chi connectivity index (χ0) is 28.0. The molecule has 0 amide bonds. The maximum atomic E-state index is 12.5. The predicted molar refractivity (Wildman–Crippen MR) is 172 cm³/mol. The van der Waals surface area contributed by atoms with E-state index in [1.165, 1.54) is 16.7 Å². The van der Waals surface area contributed by atoms with Crippen LogP contribution in [0.15, 0.2) is 102 Å². The molecule has 0 N–H and O–H groups in total. The third kappa shape index (κ3) is 8.55. The molecule has 1 aromatic heterocycles.